The molecule has 0 aliphatic heterocycles. The average molecular weight is 300 g/mol. The van der Waals surface area contributed by atoms with E-state index in [1.165, 1.54) is 11.8 Å². The maximum Gasteiger partial charge on any atom is 0.172 e. The Labute approximate surface area is 126 Å². The molecule has 0 bridgehead atoms. The van der Waals surface area contributed by atoms with E-state index in [1.807, 2.05) is 30.3 Å². The summed E-state index contributed by atoms with van der Waals surface area (Å²) in [6.45, 7) is 0.608. The third-order valence-corrected chi connectivity index (χ3v) is 4.07. The molecule has 0 atom stereocenters. The molecule has 0 saturated heterocycles. The standard InChI is InChI=1S/C15H16N4OS/c1-20-11-4-5-12-13(9-11)19-15(18-12)21-14-10(6-7-16)3-2-8-17-14/h2-5,8-9H,6-7,16H2,1H3,(H,18,19). The van der Waals surface area contributed by atoms with Gasteiger partial charge >= 0.3 is 0 Å². The fourth-order valence-electron chi connectivity index (χ4n) is 2.09. The zero-order valence-corrected chi connectivity index (χ0v) is 12.5. The minimum atomic E-state index is 0.608. The van der Waals surface area contributed by atoms with Gasteiger partial charge in [0.25, 0.3) is 0 Å². The van der Waals surface area contributed by atoms with Crippen LogP contribution < -0.4 is 10.5 Å². The Morgan fingerprint density at radius 3 is 3.05 bits per heavy atom. The van der Waals surface area contributed by atoms with Crippen molar-refractivity contribution in [1.29, 1.82) is 0 Å². The highest BCUT2D eigenvalue weighted by Crippen LogP contribution is 2.29. The van der Waals surface area contributed by atoms with E-state index in [0.717, 1.165) is 38.9 Å². The van der Waals surface area contributed by atoms with Gasteiger partial charge in [-0.15, -0.1) is 0 Å². The van der Waals surface area contributed by atoms with E-state index >= 15 is 0 Å². The van der Waals surface area contributed by atoms with E-state index in [2.05, 4.69) is 15.0 Å². The number of nitrogens with one attached hydrogen (secondary N) is 1. The van der Waals surface area contributed by atoms with Gasteiger partial charge in [-0.1, -0.05) is 6.07 Å². The van der Waals surface area contributed by atoms with E-state index in [4.69, 9.17) is 10.5 Å². The molecule has 3 N–H and O–H groups in total. The SMILES string of the molecule is COc1ccc2nc(Sc3ncccc3CCN)[nH]c2c1. The van der Waals surface area contributed by atoms with Crippen molar-refractivity contribution >= 4 is 22.8 Å². The molecule has 2 heterocycles. The summed E-state index contributed by atoms with van der Waals surface area (Å²) in [7, 11) is 1.65. The van der Waals surface area contributed by atoms with E-state index < -0.39 is 0 Å². The van der Waals surface area contributed by atoms with Crippen LogP contribution in [-0.4, -0.2) is 28.6 Å². The van der Waals surface area contributed by atoms with E-state index in [1.54, 1.807) is 13.3 Å². The van der Waals surface area contributed by atoms with E-state index in [0.29, 0.717) is 6.54 Å². The summed E-state index contributed by atoms with van der Waals surface area (Å²) in [5, 5.41) is 1.75. The van der Waals surface area contributed by atoms with Gasteiger partial charge in [-0.25, -0.2) is 9.97 Å². The van der Waals surface area contributed by atoms with Gasteiger partial charge in [0.05, 0.1) is 18.1 Å². The number of ether oxygens (including phenoxy) is 1. The monoisotopic (exact) mass is 300 g/mol. The van der Waals surface area contributed by atoms with Gasteiger partial charge in [0.1, 0.15) is 10.8 Å². The molecule has 1 aromatic carbocycles. The van der Waals surface area contributed by atoms with Gasteiger partial charge in [0.15, 0.2) is 5.16 Å². The van der Waals surface area contributed by atoms with Crippen LogP contribution in [0.4, 0.5) is 0 Å². The first kappa shape index (κ1) is 13.9. The number of pyridine rings is 1. The first-order chi connectivity index (χ1) is 10.3. The molecule has 6 heteroatoms. The summed E-state index contributed by atoms with van der Waals surface area (Å²) >= 11 is 1.52. The molecule has 0 saturated carbocycles. The van der Waals surface area contributed by atoms with E-state index in [9.17, 15) is 0 Å². The summed E-state index contributed by atoms with van der Waals surface area (Å²) in [5.41, 5.74) is 8.65. The quantitative estimate of drug-likeness (QED) is 0.757. The van der Waals surface area contributed by atoms with E-state index in [-0.39, 0.29) is 0 Å². The van der Waals surface area contributed by atoms with Crippen molar-refractivity contribution in [2.75, 3.05) is 13.7 Å². The molecular weight excluding hydrogens is 284 g/mol. The lowest BCUT2D eigenvalue weighted by atomic mass is 10.2. The Morgan fingerprint density at radius 2 is 2.24 bits per heavy atom. The first-order valence-electron chi connectivity index (χ1n) is 6.65. The predicted molar refractivity (Wildman–Crippen MR) is 83.8 cm³/mol. The van der Waals surface area contributed by atoms with Crippen LogP contribution in [0.5, 0.6) is 5.75 Å². The number of imidazole rings is 1. The Kier molecular flexibility index (Phi) is 4.08. The number of nitrogens with two attached hydrogens (primary N) is 1. The Hall–Kier alpha value is -2.05. The molecule has 5 nitrogen and oxygen atoms in total. The van der Waals surface area contributed by atoms with Gasteiger partial charge in [-0.3, -0.25) is 0 Å². The van der Waals surface area contributed by atoms with Crippen molar-refractivity contribution in [3.05, 3.63) is 42.1 Å². The minimum Gasteiger partial charge on any atom is -0.497 e. The lowest BCUT2D eigenvalue weighted by Crippen LogP contribution is -2.04. The lowest BCUT2D eigenvalue weighted by Gasteiger charge is -2.04. The van der Waals surface area contributed by atoms with Crippen molar-refractivity contribution in [2.45, 2.75) is 16.6 Å². The van der Waals surface area contributed by atoms with Gasteiger partial charge in [0, 0.05) is 12.3 Å². The minimum absolute atomic E-state index is 0.608. The number of rotatable bonds is 5. The van der Waals surface area contributed by atoms with Gasteiger partial charge in [-0.2, -0.15) is 0 Å². The number of nitrogens with zero attached hydrogens (tertiary/aromatic N) is 2. The molecule has 0 aliphatic rings. The first-order valence-corrected chi connectivity index (χ1v) is 7.47. The molecule has 0 fully saturated rings. The third kappa shape index (κ3) is 3.01. The fourth-order valence-corrected chi connectivity index (χ4v) is 3.00. The Balaban J connectivity index is 1.91. The number of aromatic amines is 1. The van der Waals surface area contributed by atoms with Crippen LogP contribution in [0.1, 0.15) is 5.56 Å². The maximum absolute atomic E-state index is 5.64. The average Bonchev–Trinajstić information content (AvgIpc) is 2.90. The van der Waals surface area contributed by atoms with Crippen LogP contribution in [-0.2, 0) is 6.42 Å². The smallest absolute Gasteiger partial charge is 0.172 e. The second-order valence-electron chi connectivity index (χ2n) is 4.53. The molecule has 0 aliphatic carbocycles. The molecule has 0 radical (unpaired) electrons. The second-order valence-corrected chi connectivity index (χ2v) is 5.51. The van der Waals surface area contributed by atoms with Gasteiger partial charge in [-0.05, 0) is 48.5 Å². The Morgan fingerprint density at radius 1 is 1.33 bits per heavy atom. The number of fused-ring (bicyclic) bond motifs is 1. The second kappa shape index (κ2) is 6.15. The van der Waals surface area contributed by atoms with Crippen LogP contribution in [0.15, 0.2) is 46.7 Å². The number of hydrogen-bond donors (Lipinski definition) is 2. The van der Waals surface area contributed by atoms with Crippen molar-refractivity contribution in [3.8, 4) is 5.75 Å². The molecule has 2 aromatic heterocycles. The summed E-state index contributed by atoms with van der Waals surface area (Å²) < 4.78 is 5.22. The molecule has 0 amide bonds. The molecule has 3 rings (SSSR count). The lowest BCUT2D eigenvalue weighted by molar-refractivity contribution is 0.415. The Bertz CT molecular complexity index is 756. The van der Waals surface area contributed by atoms with Crippen LogP contribution >= 0.6 is 11.8 Å². The van der Waals surface area contributed by atoms with Crippen LogP contribution in [0.3, 0.4) is 0 Å². The molecule has 21 heavy (non-hydrogen) atoms. The van der Waals surface area contributed by atoms with Crippen molar-refractivity contribution in [3.63, 3.8) is 0 Å². The zero-order valence-electron chi connectivity index (χ0n) is 11.7. The number of hydrogen-bond acceptors (Lipinski definition) is 5. The topological polar surface area (TPSA) is 76.8 Å². The summed E-state index contributed by atoms with van der Waals surface area (Å²) in [4.78, 5) is 12.3. The normalized spacial score (nSPS) is 11.0. The van der Waals surface area contributed by atoms with Gasteiger partial charge in [0.2, 0.25) is 0 Å². The third-order valence-electron chi connectivity index (χ3n) is 3.12. The molecule has 108 valence electrons. The predicted octanol–water partition coefficient (Wildman–Crippen LogP) is 2.62. The van der Waals surface area contributed by atoms with Crippen LogP contribution in [0.25, 0.3) is 11.0 Å². The maximum atomic E-state index is 5.64. The number of aromatic nitrogens is 3. The highest BCUT2D eigenvalue weighted by atomic mass is 32.2. The fraction of sp³-hybridized carbons (Fsp3) is 0.200. The number of H-pyrrole nitrogens is 1. The highest BCUT2D eigenvalue weighted by Gasteiger charge is 2.09. The highest BCUT2D eigenvalue weighted by molar-refractivity contribution is 7.99. The summed E-state index contributed by atoms with van der Waals surface area (Å²) in [6.07, 6.45) is 2.60. The number of methoxy groups -OCH3 is 1. The van der Waals surface area contributed by atoms with Crippen LogP contribution in [0, 0.1) is 0 Å². The van der Waals surface area contributed by atoms with Crippen molar-refractivity contribution in [1.82, 2.24) is 15.0 Å². The van der Waals surface area contributed by atoms with Crippen molar-refractivity contribution < 1.29 is 4.74 Å². The van der Waals surface area contributed by atoms with Crippen molar-refractivity contribution in [2.24, 2.45) is 5.73 Å². The number of benzene rings is 1. The van der Waals surface area contributed by atoms with Crippen LogP contribution in [0.2, 0.25) is 0 Å². The molecule has 3 aromatic rings. The molecular formula is C15H16N4OS. The molecule has 0 unspecified atom stereocenters. The zero-order chi connectivity index (χ0) is 14.7. The summed E-state index contributed by atoms with van der Waals surface area (Å²) in [6, 6.07) is 9.75. The largest absolute Gasteiger partial charge is 0.497 e. The molecule has 0 spiro atoms. The summed E-state index contributed by atoms with van der Waals surface area (Å²) in [5.74, 6) is 0.810. The van der Waals surface area contributed by atoms with Gasteiger partial charge < -0.3 is 15.5 Å².